The zero-order valence-corrected chi connectivity index (χ0v) is 7.24. The van der Waals surface area contributed by atoms with Gasteiger partial charge in [-0.15, -0.1) is 0 Å². The first-order valence-electron chi connectivity index (χ1n) is 3.91. The third-order valence-electron chi connectivity index (χ3n) is 1.83. The zero-order valence-electron chi connectivity index (χ0n) is 7.24. The van der Waals surface area contributed by atoms with Crippen molar-refractivity contribution in [2.75, 3.05) is 0 Å². The van der Waals surface area contributed by atoms with E-state index in [1.54, 1.807) is 12.3 Å². The minimum Gasteiger partial charge on any atom is -0.369 e. The lowest BCUT2D eigenvalue weighted by atomic mass is 9.92. The number of nitrogens with one attached hydrogen (secondary N) is 1. The molecule has 1 rings (SSSR count). The molecule has 0 aliphatic heterocycles. The van der Waals surface area contributed by atoms with Crippen LogP contribution in [0.3, 0.4) is 0 Å². The van der Waals surface area contributed by atoms with E-state index >= 15 is 0 Å². The second kappa shape index (κ2) is 3.38. The molecule has 1 unspecified atom stereocenters. The third-order valence-corrected chi connectivity index (χ3v) is 1.83. The summed E-state index contributed by atoms with van der Waals surface area (Å²) in [5.41, 5.74) is 6.03. The van der Waals surface area contributed by atoms with E-state index in [2.05, 4.69) is 10.2 Å². The van der Waals surface area contributed by atoms with Crippen molar-refractivity contribution in [3.63, 3.8) is 0 Å². The van der Waals surface area contributed by atoms with Gasteiger partial charge in [0.25, 0.3) is 0 Å². The Bertz CT molecular complexity index is 253. The van der Waals surface area contributed by atoms with Crippen LogP contribution >= 0.6 is 0 Å². The average Bonchev–Trinajstić information content (AvgIpc) is 2.37. The normalized spacial score (nSPS) is 13.2. The molecule has 0 aliphatic rings. The summed E-state index contributed by atoms with van der Waals surface area (Å²) >= 11 is 0. The van der Waals surface area contributed by atoms with Crippen LogP contribution in [0.4, 0.5) is 0 Å². The monoisotopic (exact) mass is 167 g/mol. The Hall–Kier alpha value is -1.32. The minimum atomic E-state index is -0.311. The van der Waals surface area contributed by atoms with Gasteiger partial charge in [-0.25, -0.2) is 0 Å². The van der Waals surface area contributed by atoms with E-state index < -0.39 is 0 Å². The summed E-state index contributed by atoms with van der Waals surface area (Å²) in [5, 5.41) is 6.52. The molecule has 1 heterocycles. The largest absolute Gasteiger partial charge is 0.369 e. The van der Waals surface area contributed by atoms with Crippen molar-refractivity contribution < 1.29 is 4.79 Å². The molecule has 0 spiro atoms. The minimum absolute atomic E-state index is 0.197. The van der Waals surface area contributed by atoms with E-state index in [-0.39, 0.29) is 17.7 Å². The van der Waals surface area contributed by atoms with E-state index in [0.717, 1.165) is 5.69 Å². The molecule has 0 aromatic carbocycles. The molecule has 1 amide bonds. The molecule has 66 valence electrons. The molecule has 4 heteroatoms. The van der Waals surface area contributed by atoms with Crippen LogP contribution in [-0.4, -0.2) is 16.1 Å². The molecule has 12 heavy (non-hydrogen) atoms. The number of amides is 1. The standard InChI is InChI=1S/C8H13N3O/c1-5(2)7(8(9)12)6-3-4-10-11-6/h3-5,7H,1-2H3,(H2,9,12)(H,10,11). The van der Waals surface area contributed by atoms with Gasteiger partial charge in [-0.05, 0) is 12.0 Å². The number of aromatic amines is 1. The molecule has 0 saturated carbocycles. The number of hydrogen-bond donors (Lipinski definition) is 2. The van der Waals surface area contributed by atoms with Crippen LogP contribution in [0.1, 0.15) is 25.5 Å². The van der Waals surface area contributed by atoms with Crippen molar-refractivity contribution >= 4 is 5.91 Å². The fourth-order valence-corrected chi connectivity index (χ4v) is 1.28. The molecule has 3 N–H and O–H groups in total. The fourth-order valence-electron chi connectivity index (χ4n) is 1.28. The number of hydrogen-bond acceptors (Lipinski definition) is 2. The highest BCUT2D eigenvalue weighted by molar-refractivity contribution is 5.81. The molecule has 0 bridgehead atoms. The van der Waals surface area contributed by atoms with Crippen molar-refractivity contribution in [3.8, 4) is 0 Å². The molecular weight excluding hydrogens is 154 g/mol. The third kappa shape index (κ3) is 1.64. The highest BCUT2D eigenvalue weighted by atomic mass is 16.1. The molecule has 0 radical (unpaired) electrons. The van der Waals surface area contributed by atoms with Gasteiger partial charge in [0.2, 0.25) is 5.91 Å². The van der Waals surface area contributed by atoms with Crippen LogP contribution in [0.25, 0.3) is 0 Å². The zero-order chi connectivity index (χ0) is 9.14. The van der Waals surface area contributed by atoms with Gasteiger partial charge in [0.15, 0.2) is 0 Å². The summed E-state index contributed by atoms with van der Waals surface area (Å²) in [6, 6.07) is 1.77. The van der Waals surface area contributed by atoms with Crippen molar-refractivity contribution in [1.82, 2.24) is 10.2 Å². The van der Waals surface area contributed by atoms with Crippen LogP contribution in [0.15, 0.2) is 12.3 Å². The Labute approximate surface area is 71.2 Å². The van der Waals surface area contributed by atoms with Gasteiger partial charge < -0.3 is 5.73 Å². The van der Waals surface area contributed by atoms with Crippen LogP contribution in [0.2, 0.25) is 0 Å². The number of rotatable bonds is 3. The highest BCUT2D eigenvalue weighted by Crippen LogP contribution is 2.21. The first kappa shape index (κ1) is 8.77. The van der Waals surface area contributed by atoms with Crippen molar-refractivity contribution in [1.29, 1.82) is 0 Å². The maximum Gasteiger partial charge on any atom is 0.226 e. The predicted molar refractivity (Wildman–Crippen MR) is 45.4 cm³/mol. The lowest BCUT2D eigenvalue weighted by Gasteiger charge is -2.14. The second-order valence-electron chi connectivity index (χ2n) is 3.14. The van der Waals surface area contributed by atoms with E-state index in [0.29, 0.717) is 0 Å². The summed E-state index contributed by atoms with van der Waals surface area (Å²) in [4.78, 5) is 11.0. The van der Waals surface area contributed by atoms with Crippen LogP contribution in [-0.2, 0) is 4.79 Å². The van der Waals surface area contributed by atoms with Gasteiger partial charge in [-0.3, -0.25) is 9.89 Å². The summed E-state index contributed by atoms with van der Waals surface area (Å²) in [5.74, 6) is -0.371. The van der Waals surface area contributed by atoms with Crippen molar-refractivity contribution in [3.05, 3.63) is 18.0 Å². The summed E-state index contributed by atoms with van der Waals surface area (Å²) in [6.45, 7) is 3.91. The molecule has 0 aliphatic carbocycles. The van der Waals surface area contributed by atoms with Gasteiger partial charge in [-0.1, -0.05) is 13.8 Å². The van der Waals surface area contributed by atoms with E-state index in [1.807, 2.05) is 13.8 Å². The average molecular weight is 167 g/mol. The first-order chi connectivity index (χ1) is 5.63. The van der Waals surface area contributed by atoms with Crippen molar-refractivity contribution in [2.24, 2.45) is 11.7 Å². The molecule has 4 nitrogen and oxygen atoms in total. The number of nitrogens with two attached hydrogens (primary N) is 1. The molecule has 0 saturated heterocycles. The van der Waals surface area contributed by atoms with Crippen LogP contribution in [0, 0.1) is 5.92 Å². The number of carbonyl (C=O) groups is 1. The number of nitrogens with zero attached hydrogens (tertiary/aromatic N) is 1. The summed E-state index contributed by atoms with van der Waals surface area (Å²) < 4.78 is 0. The molecule has 1 aromatic heterocycles. The van der Waals surface area contributed by atoms with Gasteiger partial charge in [0.1, 0.15) is 0 Å². The van der Waals surface area contributed by atoms with Gasteiger partial charge >= 0.3 is 0 Å². The maximum atomic E-state index is 11.0. The highest BCUT2D eigenvalue weighted by Gasteiger charge is 2.22. The topological polar surface area (TPSA) is 71.8 Å². The smallest absolute Gasteiger partial charge is 0.226 e. The Morgan fingerprint density at radius 1 is 1.67 bits per heavy atom. The predicted octanol–water partition coefficient (Wildman–Crippen LogP) is 0.635. The summed E-state index contributed by atoms with van der Waals surface area (Å²) in [7, 11) is 0. The molecule has 1 aromatic rings. The number of primary amides is 1. The van der Waals surface area contributed by atoms with Crippen molar-refractivity contribution in [2.45, 2.75) is 19.8 Å². The lowest BCUT2D eigenvalue weighted by molar-refractivity contribution is -0.120. The van der Waals surface area contributed by atoms with E-state index in [4.69, 9.17) is 5.73 Å². The molecular formula is C8H13N3O. The Balaban J connectivity index is 2.88. The second-order valence-corrected chi connectivity index (χ2v) is 3.14. The van der Waals surface area contributed by atoms with Gasteiger partial charge in [-0.2, -0.15) is 5.10 Å². The summed E-state index contributed by atoms with van der Waals surface area (Å²) in [6.07, 6.45) is 1.62. The molecule has 0 fully saturated rings. The quantitative estimate of drug-likeness (QED) is 0.693. The van der Waals surface area contributed by atoms with Gasteiger partial charge in [0.05, 0.1) is 5.92 Å². The SMILES string of the molecule is CC(C)C(C(N)=O)c1ccn[nH]1. The van der Waals surface area contributed by atoms with Crippen LogP contribution in [0.5, 0.6) is 0 Å². The Morgan fingerprint density at radius 2 is 2.33 bits per heavy atom. The van der Waals surface area contributed by atoms with Gasteiger partial charge in [0, 0.05) is 11.9 Å². The first-order valence-corrected chi connectivity index (χ1v) is 3.91. The van der Waals surface area contributed by atoms with E-state index in [1.165, 1.54) is 0 Å². The fraction of sp³-hybridized carbons (Fsp3) is 0.500. The number of H-pyrrole nitrogens is 1. The lowest BCUT2D eigenvalue weighted by Crippen LogP contribution is -2.25. The maximum absolute atomic E-state index is 11.0. The number of carbonyl (C=O) groups excluding carboxylic acids is 1. The Kier molecular flexibility index (Phi) is 2.47. The molecule has 1 atom stereocenters. The number of aromatic nitrogens is 2. The van der Waals surface area contributed by atoms with Crippen LogP contribution < -0.4 is 5.73 Å². The van der Waals surface area contributed by atoms with E-state index in [9.17, 15) is 4.79 Å². The Morgan fingerprint density at radius 3 is 2.67 bits per heavy atom.